The SMILES string of the molecule is O=[Si]([O-])[O-].[Sr]. The van der Waals surface area contributed by atoms with Crippen molar-refractivity contribution in [3.05, 3.63) is 0 Å². The zero-order chi connectivity index (χ0) is 3.58. The van der Waals surface area contributed by atoms with Gasteiger partial charge < -0.3 is 14.1 Å². The van der Waals surface area contributed by atoms with Gasteiger partial charge in [0.1, 0.15) is 0 Å². The van der Waals surface area contributed by atoms with Crippen LogP contribution in [0.5, 0.6) is 0 Å². The predicted octanol–water partition coefficient (Wildman–Crippen LogP) is -3.26. The summed E-state index contributed by atoms with van der Waals surface area (Å²) >= 11 is 0. The molecule has 0 saturated carbocycles. The fourth-order valence-electron chi connectivity index (χ4n) is 0. The molecule has 5 heteroatoms. The summed E-state index contributed by atoms with van der Waals surface area (Å²) in [6.07, 6.45) is 0. The molecule has 5 heavy (non-hydrogen) atoms. The van der Waals surface area contributed by atoms with Gasteiger partial charge in [-0.25, -0.2) is 0 Å². The van der Waals surface area contributed by atoms with Crippen LogP contribution in [0.2, 0.25) is 0 Å². The molecule has 0 N–H and O–H groups in total. The molecule has 0 aromatic carbocycles. The summed E-state index contributed by atoms with van der Waals surface area (Å²) in [5, 5.41) is 0. The first-order valence-electron chi connectivity index (χ1n) is 0.612. The third kappa shape index (κ3) is 40.6. The Bertz CT molecular complexity index is 29.9. The minimum Gasteiger partial charge on any atom is -0.672 e. The van der Waals surface area contributed by atoms with Crippen LogP contribution in [0.25, 0.3) is 0 Å². The summed E-state index contributed by atoms with van der Waals surface area (Å²) in [7, 11) is -3.63. The maximum absolute atomic E-state index is 8.52. The van der Waals surface area contributed by atoms with E-state index in [-0.39, 0.29) is 45.5 Å². The average Bonchev–Trinajstić information content (AvgIpc) is 0.811. The summed E-state index contributed by atoms with van der Waals surface area (Å²) in [5.74, 6) is 0. The van der Waals surface area contributed by atoms with Crippen molar-refractivity contribution in [2.24, 2.45) is 0 Å². The van der Waals surface area contributed by atoms with Crippen LogP contribution in [-0.2, 0) is 4.46 Å². The van der Waals surface area contributed by atoms with Crippen LogP contribution >= 0.6 is 0 Å². The third-order valence-corrected chi connectivity index (χ3v) is 0. The molecule has 0 aliphatic carbocycles. The molecule has 0 amide bonds. The molecule has 0 rings (SSSR count). The van der Waals surface area contributed by atoms with Gasteiger partial charge in [0, 0.05) is 54.7 Å². The van der Waals surface area contributed by atoms with Crippen molar-refractivity contribution in [1.29, 1.82) is 0 Å². The van der Waals surface area contributed by atoms with Crippen molar-refractivity contribution in [3.63, 3.8) is 0 Å². The molecule has 0 bridgehead atoms. The second kappa shape index (κ2) is 5.10. The van der Waals surface area contributed by atoms with Crippen molar-refractivity contribution in [2.75, 3.05) is 0 Å². The van der Waals surface area contributed by atoms with E-state index in [9.17, 15) is 0 Å². The zero-order valence-electron chi connectivity index (χ0n) is 2.43. The van der Waals surface area contributed by atoms with E-state index in [2.05, 4.69) is 0 Å². The minimum atomic E-state index is -3.63. The van der Waals surface area contributed by atoms with E-state index in [1.54, 1.807) is 0 Å². The Balaban J connectivity index is 0. The molecule has 3 nitrogen and oxygen atoms in total. The van der Waals surface area contributed by atoms with E-state index in [1.165, 1.54) is 0 Å². The second-order valence-corrected chi connectivity index (χ2v) is 0.750. The molecule has 0 atom stereocenters. The molecule has 0 aromatic rings. The van der Waals surface area contributed by atoms with E-state index < -0.39 is 9.17 Å². The van der Waals surface area contributed by atoms with E-state index in [0.717, 1.165) is 0 Å². The molecule has 0 saturated heterocycles. The van der Waals surface area contributed by atoms with Gasteiger partial charge in [-0.2, -0.15) is 0 Å². The second-order valence-electron chi connectivity index (χ2n) is 0.250. The van der Waals surface area contributed by atoms with Gasteiger partial charge in [0.25, 0.3) is 0 Å². The number of hydrogen-bond acceptors (Lipinski definition) is 3. The van der Waals surface area contributed by atoms with Crippen LogP contribution in [0.15, 0.2) is 0 Å². The van der Waals surface area contributed by atoms with E-state index in [1.807, 2.05) is 0 Å². The Labute approximate surface area is 67.8 Å². The minimum absolute atomic E-state index is 0. The molecule has 0 aliphatic heterocycles. The normalized spacial score (nSPS) is 4.80. The van der Waals surface area contributed by atoms with E-state index in [4.69, 9.17) is 14.1 Å². The molecule has 0 fully saturated rings. The monoisotopic (exact) mass is 164 g/mol. The van der Waals surface area contributed by atoms with Crippen molar-refractivity contribution >= 4 is 54.7 Å². The van der Waals surface area contributed by atoms with Crippen LogP contribution in [0.3, 0.4) is 0 Å². The van der Waals surface area contributed by atoms with Gasteiger partial charge in [-0.05, 0) is 0 Å². The van der Waals surface area contributed by atoms with Gasteiger partial charge in [-0.15, -0.1) is 0 Å². The third-order valence-electron chi connectivity index (χ3n) is 0. The van der Waals surface area contributed by atoms with Gasteiger partial charge in [0.05, 0.1) is 0 Å². The Morgan fingerprint density at radius 3 is 1.40 bits per heavy atom. The molecule has 2 radical (unpaired) electrons. The topological polar surface area (TPSA) is 63.2 Å². The fraction of sp³-hybridized carbons (Fsp3) is 0. The van der Waals surface area contributed by atoms with Crippen LogP contribution in [0, 0.1) is 0 Å². The molecule has 0 spiro atoms. The first kappa shape index (κ1) is 9.44. The standard InChI is InChI=1S/O3Si.Sr/c1-4(2)3;/q-2;. The maximum atomic E-state index is 8.52. The smallest absolute Gasteiger partial charge is 0.0172 e. The van der Waals surface area contributed by atoms with Crippen molar-refractivity contribution < 1.29 is 14.1 Å². The van der Waals surface area contributed by atoms with Crippen LogP contribution in [0.1, 0.15) is 0 Å². The zero-order valence-corrected chi connectivity index (χ0v) is 6.91. The van der Waals surface area contributed by atoms with Crippen LogP contribution in [-0.4, -0.2) is 54.7 Å². The first-order valence-corrected chi connectivity index (χ1v) is 1.84. The summed E-state index contributed by atoms with van der Waals surface area (Å²) in [6.45, 7) is 0. The van der Waals surface area contributed by atoms with E-state index >= 15 is 0 Å². The van der Waals surface area contributed by atoms with E-state index in [0.29, 0.717) is 0 Å². The fourth-order valence-corrected chi connectivity index (χ4v) is 0. The first-order chi connectivity index (χ1) is 1.73. The Kier molecular flexibility index (Phi) is 9.62. The van der Waals surface area contributed by atoms with Gasteiger partial charge in [-0.3, -0.25) is 0 Å². The number of rotatable bonds is 0. The molecule has 0 heterocycles. The van der Waals surface area contributed by atoms with Gasteiger partial charge >= 0.3 is 0 Å². The average molecular weight is 164 g/mol. The van der Waals surface area contributed by atoms with Gasteiger partial charge in [0.2, 0.25) is 0 Å². The molecular weight excluding hydrogens is 164 g/mol. The van der Waals surface area contributed by atoms with Crippen molar-refractivity contribution in [2.45, 2.75) is 0 Å². The molecule has 0 aromatic heterocycles. The molecule has 0 aliphatic rings. The number of hydrogen-bond donors (Lipinski definition) is 0. The summed E-state index contributed by atoms with van der Waals surface area (Å²) < 4.78 is 8.52. The molecule has 0 unspecified atom stereocenters. The largest absolute Gasteiger partial charge is 0.672 e. The van der Waals surface area contributed by atoms with Gasteiger partial charge in [-0.1, -0.05) is 0 Å². The van der Waals surface area contributed by atoms with Crippen LogP contribution in [0.4, 0.5) is 0 Å². The summed E-state index contributed by atoms with van der Waals surface area (Å²) in [6, 6.07) is 0. The predicted molar refractivity (Wildman–Crippen MR) is 12.2 cm³/mol. The van der Waals surface area contributed by atoms with Crippen molar-refractivity contribution in [3.8, 4) is 0 Å². The van der Waals surface area contributed by atoms with Crippen molar-refractivity contribution in [1.82, 2.24) is 0 Å². The maximum Gasteiger partial charge on any atom is 0.0172 e. The molecule has 26 valence electrons. The molecular formula is O3SiSr-2. The quantitative estimate of drug-likeness (QED) is 0.353. The Morgan fingerprint density at radius 1 is 1.40 bits per heavy atom. The Hall–Kier alpha value is 1.10. The van der Waals surface area contributed by atoms with Gasteiger partial charge in [0.15, 0.2) is 0 Å². The summed E-state index contributed by atoms with van der Waals surface area (Å²) in [5.41, 5.74) is 0. The summed E-state index contributed by atoms with van der Waals surface area (Å²) in [4.78, 5) is 17.0. The Morgan fingerprint density at radius 2 is 1.40 bits per heavy atom. The van der Waals surface area contributed by atoms with Crippen LogP contribution < -0.4 is 9.59 Å².